The topological polar surface area (TPSA) is 91.4 Å². The summed E-state index contributed by atoms with van der Waals surface area (Å²) in [6.45, 7) is 0.433. The number of hydrogen-bond acceptors (Lipinski definition) is 5. The Hall–Kier alpha value is -4.24. The van der Waals surface area contributed by atoms with Gasteiger partial charge in [0.15, 0.2) is 0 Å². The molecule has 0 aromatic heterocycles. The zero-order valence-corrected chi connectivity index (χ0v) is 22.9. The molecule has 39 heavy (non-hydrogen) atoms. The zero-order valence-electron chi connectivity index (χ0n) is 22.1. The van der Waals surface area contributed by atoms with Crippen molar-refractivity contribution in [2.24, 2.45) is 0 Å². The van der Waals surface area contributed by atoms with Crippen molar-refractivity contribution in [3.63, 3.8) is 0 Å². The number of rotatable bonds is 10. The first-order valence-electron chi connectivity index (χ1n) is 12.4. The van der Waals surface area contributed by atoms with Gasteiger partial charge in [0, 0.05) is 19.7 Å². The molecule has 204 valence electrons. The number of carbonyl (C=O) groups is 3. The first kappa shape index (κ1) is 27.8. The number of ether oxygens (including phenoxy) is 2. The second-order valence-electron chi connectivity index (χ2n) is 9.14. The molecule has 9 nitrogen and oxygen atoms in total. The minimum atomic E-state index is -0.453. The van der Waals surface area contributed by atoms with E-state index in [0.29, 0.717) is 40.9 Å². The van der Waals surface area contributed by atoms with Crippen molar-refractivity contribution < 1.29 is 23.9 Å². The van der Waals surface area contributed by atoms with E-state index in [-0.39, 0.29) is 25.5 Å². The summed E-state index contributed by atoms with van der Waals surface area (Å²) in [5.41, 5.74) is 2.94. The molecule has 1 heterocycles. The molecule has 0 bridgehead atoms. The third kappa shape index (κ3) is 6.61. The van der Waals surface area contributed by atoms with Crippen LogP contribution in [0, 0.1) is 0 Å². The van der Waals surface area contributed by atoms with Gasteiger partial charge in [-0.1, -0.05) is 60.1 Å². The number of amides is 4. The van der Waals surface area contributed by atoms with Gasteiger partial charge >= 0.3 is 6.03 Å². The number of methoxy groups -OCH3 is 2. The van der Waals surface area contributed by atoms with Gasteiger partial charge in [0.25, 0.3) is 0 Å². The number of fused-ring (bicyclic) bond motifs is 1. The summed E-state index contributed by atoms with van der Waals surface area (Å²) < 4.78 is 10.6. The summed E-state index contributed by atoms with van der Waals surface area (Å²) in [5, 5.41) is 3.07. The quantitative estimate of drug-likeness (QED) is 0.403. The van der Waals surface area contributed by atoms with E-state index in [1.807, 2.05) is 48.5 Å². The average molecular weight is 551 g/mol. The van der Waals surface area contributed by atoms with Crippen molar-refractivity contribution in [2.45, 2.75) is 13.0 Å². The molecule has 1 aliphatic heterocycles. The van der Waals surface area contributed by atoms with Crippen LogP contribution in [0.1, 0.15) is 11.1 Å². The number of carbonyl (C=O) groups excluding carboxylic acids is 3. The molecule has 0 spiro atoms. The number of para-hydroxylation sites is 1. The molecule has 3 aromatic carbocycles. The fourth-order valence-electron chi connectivity index (χ4n) is 4.37. The fourth-order valence-corrected chi connectivity index (χ4v) is 4.61. The van der Waals surface area contributed by atoms with Crippen molar-refractivity contribution in [1.82, 2.24) is 9.80 Å². The molecule has 3 aromatic rings. The van der Waals surface area contributed by atoms with Gasteiger partial charge in [-0.2, -0.15) is 0 Å². The van der Waals surface area contributed by atoms with Gasteiger partial charge in [-0.3, -0.25) is 14.5 Å². The van der Waals surface area contributed by atoms with Crippen LogP contribution in [-0.2, 0) is 22.6 Å². The molecule has 0 saturated carbocycles. The number of nitrogens with zero attached hydrogens (tertiary/aromatic N) is 3. The first-order valence-corrected chi connectivity index (χ1v) is 12.8. The standard InChI is InChI=1S/C29H31ClN4O5/c1-32(14-13-20-9-5-4-6-10-20)28(36)19-33-17-21-11-7-8-12-24(21)34(29(33)37)18-27(35)31-23-15-22(30)25(38-2)16-26(23)39-3/h4-12,15-16H,13-14,17-19H2,1-3H3,(H,31,35). The summed E-state index contributed by atoms with van der Waals surface area (Å²) in [4.78, 5) is 44.1. The number of anilines is 2. The molecule has 0 saturated heterocycles. The normalized spacial score (nSPS) is 12.6. The summed E-state index contributed by atoms with van der Waals surface area (Å²) in [7, 11) is 4.68. The van der Waals surface area contributed by atoms with Gasteiger partial charge in [0.05, 0.1) is 37.2 Å². The number of nitrogens with one attached hydrogen (secondary N) is 1. The van der Waals surface area contributed by atoms with Crippen molar-refractivity contribution in [3.8, 4) is 11.5 Å². The predicted octanol–water partition coefficient (Wildman–Crippen LogP) is 4.44. The SMILES string of the molecule is COc1cc(OC)c(NC(=O)CN2C(=O)N(CC(=O)N(C)CCc3ccccc3)Cc3ccccc32)cc1Cl. The highest BCUT2D eigenvalue weighted by atomic mass is 35.5. The lowest BCUT2D eigenvalue weighted by atomic mass is 10.1. The largest absolute Gasteiger partial charge is 0.495 e. The lowest BCUT2D eigenvalue weighted by molar-refractivity contribution is -0.130. The Morgan fingerprint density at radius 2 is 1.67 bits per heavy atom. The first-order chi connectivity index (χ1) is 18.8. The van der Waals surface area contributed by atoms with Crippen LogP contribution in [0.3, 0.4) is 0 Å². The van der Waals surface area contributed by atoms with Crippen LogP contribution in [0.5, 0.6) is 11.5 Å². The number of urea groups is 1. The molecule has 0 aliphatic carbocycles. The zero-order chi connectivity index (χ0) is 27.9. The highest BCUT2D eigenvalue weighted by Crippen LogP contribution is 2.36. The molecule has 10 heteroatoms. The molecule has 0 radical (unpaired) electrons. The van der Waals surface area contributed by atoms with E-state index in [1.54, 1.807) is 24.1 Å². The molecule has 0 unspecified atom stereocenters. The van der Waals surface area contributed by atoms with Crippen LogP contribution in [0.2, 0.25) is 5.02 Å². The Morgan fingerprint density at radius 3 is 2.38 bits per heavy atom. The minimum absolute atomic E-state index is 0.0987. The van der Waals surface area contributed by atoms with E-state index >= 15 is 0 Å². The Morgan fingerprint density at radius 1 is 0.974 bits per heavy atom. The van der Waals surface area contributed by atoms with Crippen LogP contribution in [0.4, 0.5) is 16.2 Å². The number of benzene rings is 3. The van der Waals surface area contributed by atoms with Gasteiger partial charge in [0.2, 0.25) is 11.8 Å². The molecule has 1 N–H and O–H groups in total. The molecule has 4 rings (SSSR count). The van der Waals surface area contributed by atoms with Gasteiger partial charge in [0.1, 0.15) is 24.6 Å². The maximum Gasteiger partial charge on any atom is 0.325 e. The van der Waals surface area contributed by atoms with Crippen molar-refractivity contribution in [3.05, 3.63) is 82.9 Å². The van der Waals surface area contributed by atoms with Crippen LogP contribution >= 0.6 is 11.6 Å². The predicted molar refractivity (Wildman–Crippen MR) is 151 cm³/mol. The summed E-state index contributed by atoms with van der Waals surface area (Å²) in [6, 6.07) is 19.9. The Bertz CT molecular complexity index is 1350. The smallest absolute Gasteiger partial charge is 0.325 e. The van der Waals surface area contributed by atoms with Crippen molar-refractivity contribution >= 4 is 40.8 Å². The van der Waals surface area contributed by atoms with Gasteiger partial charge in [-0.05, 0) is 29.7 Å². The molecular formula is C29H31ClN4O5. The molecule has 0 fully saturated rings. The number of halogens is 1. The Labute approximate surface area is 232 Å². The highest BCUT2D eigenvalue weighted by Gasteiger charge is 2.33. The monoisotopic (exact) mass is 550 g/mol. The molecular weight excluding hydrogens is 520 g/mol. The second-order valence-corrected chi connectivity index (χ2v) is 9.55. The van der Waals surface area contributed by atoms with Gasteiger partial charge in [-0.25, -0.2) is 4.79 Å². The Kier molecular flexibility index (Phi) is 8.93. The van der Waals surface area contributed by atoms with E-state index in [9.17, 15) is 14.4 Å². The third-order valence-electron chi connectivity index (χ3n) is 6.53. The lowest BCUT2D eigenvalue weighted by Crippen LogP contribution is -2.52. The fraction of sp³-hybridized carbons (Fsp3) is 0.276. The summed E-state index contributed by atoms with van der Waals surface area (Å²) in [6.07, 6.45) is 0.713. The van der Waals surface area contributed by atoms with E-state index < -0.39 is 11.9 Å². The van der Waals surface area contributed by atoms with Crippen LogP contribution in [-0.4, -0.2) is 68.5 Å². The molecule has 0 atom stereocenters. The third-order valence-corrected chi connectivity index (χ3v) is 6.82. The van der Waals surface area contributed by atoms with Crippen molar-refractivity contribution in [1.29, 1.82) is 0 Å². The van der Waals surface area contributed by atoms with Crippen LogP contribution in [0.15, 0.2) is 66.7 Å². The van der Waals surface area contributed by atoms with Gasteiger partial charge in [-0.15, -0.1) is 0 Å². The van der Waals surface area contributed by atoms with Crippen LogP contribution < -0.4 is 19.7 Å². The summed E-state index contributed by atoms with van der Waals surface area (Å²) in [5.74, 6) is 0.132. The average Bonchev–Trinajstić information content (AvgIpc) is 2.94. The van der Waals surface area contributed by atoms with E-state index in [2.05, 4.69) is 5.32 Å². The van der Waals surface area contributed by atoms with E-state index in [0.717, 1.165) is 11.1 Å². The highest BCUT2D eigenvalue weighted by molar-refractivity contribution is 6.32. The lowest BCUT2D eigenvalue weighted by Gasteiger charge is -2.37. The molecule has 1 aliphatic rings. The number of likely N-dealkylation sites (N-methyl/N-ethyl adjacent to an activating group) is 1. The number of hydrogen-bond donors (Lipinski definition) is 1. The Balaban J connectivity index is 1.46. The van der Waals surface area contributed by atoms with E-state index in [1.165, 1.54) is 30.1 Å². The summed E-state index contributed by atoms with van der Waals surface area (Å²) >= 11 is 6.24. The van der Waals surface area contributed by atoms with Crippen molar-refractivity contribution in [2.75, 3.05) is 51.1 Å². The second kappa shape index (κ2) is 12.5. The van der Waals surface area contributed by atoms with E-state index in [4.69, 9.17) is 21.1 Å². The maximum atomic E-state index is 13.5. The van der Waals surface area contributed by atoms with Gasteiger partial charge < -0.3 is 24.6 Å². The van der Waals surface area contributed by atoms with Crippen LogP contribution in [0.25, 0.3) is 0 Å². The molecule has 4 amide bonds. The minimum Gasteiger partial charge on any atom is -0.495 e. The maximum absolute atomic E-state index is 13.5.